The molecule has 132 valence electrons. The highest BCUT2D eigenvalue weighted by atomic mass is 16.5. The summed E-state index contributed by atoms with van der Waals surface area (Å²) >= 11 is 0. The second-order valence-electron chi connectivity index (χ2n) is 5.77. The van der Waals surface area contributed by atoms with Crippen LogP contribution in [0.3, 0.4) is 0 Å². The van der Waals surface area contributed by atoms with Crippen LogP contribution < -0.4 is 14.8 Å². The lowest BCUT2D eigenvalue weighted by atomic mass is 10.0. The Labute approximate surface area is 141 Å². The van der Waals surface area contributed by atoms with Gasteiger partial charge in [-0.2, -0.15) is 0 Å². The molecule has 1 aromatic rings. The third-order valence-corrected chi connectivity index (χ3v) is 4.14. The summed E-state index contributed by atoms with van der Waals surface area (Å²) in [6, 6.07) is 2.99. The van der Waals surface area contributed by atoms with Gasteiger partial charge in [-0.15, -0.1) is 0 Å². The molecule has 1 aliphatic heterocycles. The third kappa shape index (κ3) is 3.79. The Balaban J connectivity index is 2.41. The quantitative estimate of drug-likeness (QED) is 0.853. The Morgan fingerprint density at radius 2 is 2.04 bits per heavy atom. The van der Waals surface area contributed by atoms with Crippen LogP contribution in [0, 0.1) is 0 Å². The number of rotatable bonds is 5. The number of benzene rings is 1. The monoisotopic (exact) mass is 336 g/mol. The molecule has 7 nitrogen and oxygen atoms in total. The lowest BCUT2D eigenvalue weighted by Gasteiger charge is -2.34. The van der Waals surface area contributed by atoms with Crippen molar-refractivity contribution in [3.05, 3.63) is 17.7 Å². The molecule has 2 amide bonds. The molecule has 24 heavy (non-hydrogen) atoms. The SMILES string of the molecule is COc1cc(C(=O)N2CCCCC2CO)cc(NC(C)=O)c1OC. The van der Waals surface area contributed by atoms with Crippen LogP contribution >= 0.6 is 0 Å². The van der Waals surface area contributed by atoms with E-state index in [1.54, 1.807) is 17.0 Å². The molecule has 1 fully saturated rings. The normalized spacial score (nSPS) is 17.3. The van der Waals surface area contributed by atoms with Crippen molar-refractivity contribution >= 4 is 17.5 Å². The maximum absolute atomic E-state index is 12.9. The first-order valence-corrected chi connectivity index (χ1v) is 7.97. The predicted octanol–water partition coefficient (Wildman–Crippen LogP) is 1.65. The zero-order chi connectivity index (χ0) is 17.7. The van der Waals surface area contributed by atoms with Gasteiger partial charge in [-0.1, -0.05) is 0 Å². The molecule has 0 aliphatic carbocycles. The number of nitrogens with one attached hydrogen (secondary N) is 1. The number of nitrogens with zero attached hydrogens (tertiary/aromatic N) is 1. The second kappa shape index (κ2) is 8.01. The molecular weight excluding hydrogens is 312 g/mol. The zero-order valence-corrected chi connectivity index (χ0v) is 14.3. The van der Waals surface area contributed by atoms with Crippen molar-refractivity contribution in [3.63, 3.8) is 0 Å². The average molecular weight is 336 g/mol. The van der Waals surface area contributed by atoms with Gasteiger partial charge in [0.25, 0.3) is 5.91 Å². The van der Waals surface area contributed by atoms with E-state index in [1.165, 1.54) is 21.1 Å². The summed E-state index contributed by atoms with van der Waals surface area (Å²) in [6.07, 6.45) is 2.69. The Kier molecular flexibility index (Phi) is 6.03. The average Bonchev–Trinajstić information content (AvgIpc) is 2.59. The molecule has 2 N–H and O–H groups in total. The highest BCUT2D eigenvalue weighted by Crippen LogP contribution is 2.37. The van der Waals surface area contributed by atoms with Gasteiger partial charge in [0.05, 0.1) is 32.6 Å². The summed E-state index contributed by atoms with van der Waals surface area (Å²) < 4.78 is 10.6. The number of hydrogen-bond donors (Lipinski definition) is 2. The number of amides is 2. The van der Waals surface area contributed by atoms with Gasteiger partial charge in [0.1, 0.15) is 0 Å². The van der Waals surface area contributed by atoms with E-state index in [9.17, 15) is 14.7 Å². The van der Waals surface area contributed by atoms with E-state index in [2.05, 4.69) is 5.32 Å². The highest BCUT2D eigenvalue weighted by Gasteiger charge is 2.28. The van der Waals surface area contributed by atoms with Gasteiger partial charge in [-0.25, -0.2) is 0 Å². The Morgan fingerprint density at radius 3 is 2.62 bits per heavy atom. The van der Waals surface area contributed by atoms with Crippen LogP contribution in [-0.2, 0) is 4.79 Å². The predicted molar refractivity (Wildman–Crippen MR) is 89.6 cm³/mol. The smallest absolute Gasteiger partial charge is 0.254 e. The zero-order valence-electron chi connectivity index (χ0n) is 14.3. The molecule has 0 bridgehead atoms. The van der Waals surface area contributed by atoms with E-state index in [4.69, 9.17) is 9.47 Å². The van der Waals surface area contributed by atoms with Crippen molar-refractivity contribution in [2.24, 2.45) is 0 Å². The lowest BCUT2D eigenvalue weighted by Crippen LogP contribution is -2.45. The van der Waals surface area contributed by atoms with Gasteiger partial charge in [0.15, 0.2) is 11.5 Å². The van der Waals surface area contributed by atoms with Crippen molar-refractivity contribution in [2.45, 2.75) is 32.2 Å². The van der Waals surface area contributed by atoms with Crippen molar-refractivity contribution in [3.8, 4) is 11.5 Å². The number of aliphatic hydroxyl groups is 1. The van der Waals surface area contributed by atoms with Crippen LogP contribution in [0.15, 0.2) is 12.1 Å². The molecule has 0 aromatic heterocycles. The number of piperidine rings is 1. The van der Waals surface area contributed by atoms with Gasteiger partial charge in [-0.3, -0.25) is 9.59 Å². The fourth-order valence-electron chi connectivity index (χ4n) is 2.99. The first-order valence-electron chi connectivity index (χ1n) is 7.97. The van der Waals surface area contributed by atoms with Crippen LogP contribution in [0.4, 0.5) is 5.69 Å². The molecule has 7 heteroatoms. The number of ether oxygens (including phenoxy) is 2. The van der Waals surface area contributed by atoms with E-state index in [0.717, 1.165) is 19.3 Å². The molecule has 2 rings (SSSR count). The molecular formula is C17H24N2O5. The fraction of sp³-hybridized carbons (Fsp3) is 0.529. The maximum atomic E-state index is 12.9. The van der Waals surface area contributed by atoms with Crippen LogP contribution in [0.5, 0.6) is 11.5 Å². The van der Waals surface area contributed by atoms with E-state index in [0.29, 0.717) is 29.3 Å². The molecule has 1 saturated heterocycles. The van der Waals surface area contributed by atoms with Gasteiger partial charge in [0.2, 0.25) is 5.91 Å². The summed E-state index contributed by atoms with van der Waals surface area (Å²) in [5.74, 6) is 0.263. The molecule has 0 spiro atoms. The fourth-order valence-corrected chi connectivity index (χ4v) is 2.99. The summed E-state index contributed by atoms with van der Waals surface area (Å²) in [5.41, 5.74) is 0.766. The van der Waals surface area contributed by atoms with Gasteiger partial charge < -0.3 is 24.8 Å². The lowest BCUT2D eigenvalue weighted by molar-refractivity contribution is -0.114. The minimum absolute atomic E-state index is 0.0580. The molecule has 1 aliphatic rings. The molecule has 1 unspecified atom stereocenters. The minimum atomic E-state index is -0.272. The molecule has 1 aromatic carbocycles. The Bertz CT molecular complexity index is 617. The van der Waals surface area contributed by atoms with Crippen molar-refractivity contribution in [2.75, 3.05) is 32.7 Å². The topological polar surface area (TPSA) is 88.1 Å². The van der Waals surface area contributed by atoms with Gasteiger partial charge >= 0.3 is 0 Å². The number of anilines is 1. The second-order valence-corrected chi connectivity index (χ2v) is 5.77. The largest absolute Gasteiger partial charge is 0.493 e. The van der Waals surface area contributed by atoms with Crippen LogP contribution in [-0.4, -0.2) is 55.2 Å². The summed E-state index contributed by atoms with van der Waals surface area (Å²) in [6.45, 7) is 1.93. The molecule has 1 atom stereocenters. The first kappa shape index (κ1) is 18.1. The van der Waals surface area contributed by atoms with Crippen LogP contribution in [0.1, 0.15) is 36.5 Å². The van der Waals surface area contributed by atoms with E-state index in [-0.39, 0.29) is 24.5 Å². The summed E-state index contributed by atoms with van der Waals surface area (Å²) in [4.78, 5) is 26.0. The van der Waals surface area contributed by atoms with Crippen LogP contribution in [0.25, 0.3) is 0 Å². The first-order chi connectivity index (χ1) is 11.5. The highest BCUT2D eigenvalue weighted by molar-refractivity contribution is 5.99. The maximum Gasteiger partial charge on any atom is 0.254 e. The number of methoxy groups -OCH3 is 2. The number of aliphatic hydroxyl groups excluding tert-OH is 1. The number of carbonyl (C=O) groups excluding carboxylic acids is 2. The number of likely N-dealkylation sites (tertiary alicyclic amines) is 1. The Hall–Kier alpha value is -2.28. The third-order valence-electron chi connectivity index (χ3n) is 4.14. The van der Waals surface area contributed by atoms with Crippen LogP contribution in [0.2, 0.25) is 0 Å². The summed E-state index contributed by atoms with van der Waals surface area (Å²) in [7, 11) is 2.94. The number of hydrogen-bond acceptors (Lipinski definition) is 5. The van der Waals surface area contributed by atoms with Gasteiger partial charge in [0, 0.05) is 19.0 Å². The van der Waals surface area contributed by atoms with Crippen molar-refractivity contribution in [1.29, 1.82) is 0 Å². The van der Waals surface area contributed by atoms with Crippen molar-refractivity contribution in [1.82, 2.24) is 4.90 Å². The molecule has 0 saturated carbocycles. The van der Waals surface area contributed by atoms with E-state index >= 15 is 0 Å². The minimum Gasteiger partial charge on any atom is -0.493 e. The summed E-state index contributed by atoms with van der Waals surface area (Å²) in [5, 5.41) is 12.2. The van der Waals surface area contributed by atoms with Gasteiger partial charge in [-0.05, 0) is 31.4 Å². The standard InChI is InChI=1S/C17H24N2O5/c1-11(21)18-14-8-12(9-15(23-2)16(14)24-3)17(22)19-7-5-4-6-13(19)10-20/h8-9,13,20H,4-7,10H2,1-3H3,(H,18,21). The molecule has 0 radical (unpaired) electrons. The van der Waals surface area contributed by atoms with Crippen molar-refractivity contribution < 1.29 is 24.2 Å². The van der Waals surface area contributed by atoms with E-state index < -0.39 is 0 Å². The van der Waals surface area contributed by atoms with E-state index in [1.807, 2.05) is 0 Å². The number of carbonyl (C=O) groups is 2. The molecule has 1 heterocycles. The Morgan fingerprint density at radius 1 is 1.29 bits per heavy atom.